The van der Waals surface area contributed by atoms with Gasteiger partial charge in [-0.2, -0.15) is 0 Å². The van der Waals surface area contributed by atoms with E-state index in [0.29, 0.717) is 25.2 Å². The van der Waals surface area contributed by atoms with Crippen molar-refractivity contribution in [3.05, 3.63) is 67.1 Å². The molecule has 7 heteroatoms. The van der Waals surface area contributed by atoms with Crippen molar-refractivity contribution in [2.24, 2.45) is 0 Å². The van der Waals surface area contributed by atoms with Crippen LogP contribution < -0.4 is 5.63 Å². The molecule has 3 aromatic rings. The summed E-state index contributed by atoms with van der Waals surface area (Å²) in [4.78, 5) is 29.3. The molecule has 0 atom stereocenters. The van der Waals surface area contributed by atoms with Gasteiger partial charge in [-0.15, -0.1) is 11.3 Å². The lowest BCUT2D eigenvalue weighted by molar-refractivity contribution is 0.0633. The van der Waals surface area contributed by atoms with E-state index in [1.165, 1.54) is 11.3 Å². The van der Waals surface area contributed by atoms with E-state index in [-0.39, 0.29) is 11.5 Å². The smallest absolute Gasteiger partial charge is 0.336 e. The highest BCUT2D eigenvalue weighted by molar-refractivity contribution is 9.10. The molecule has 1 amide bonds. The van der Waals surface area contributed by atoms with Crippen molar-refractivity contribution in [2.45, 2.75) is 6.54 Å². The van der Waals surface area contributed by atoms with Gasteiger partial charge in [0.1, 0.15) is 5.58 Å². The predicted molar refractivity (Wildman–Crippen MR) is 106 cm³/mol. The van der Waals surface area contributed by atoms with E-state index in [4.69, 9.17) is 4.42 Å². The topological polar surface area (TPSA) is 53.8 Å². The van der Waals surface area contributed by atoms with Gasteiger partial charge in [0.15, 0.2) is 0 Å². The molecule has 26 heavy (non-hydrogen) atoms. The highest BCUT2D eigenvalue weighted by Crippen LogP contribution is 2.23. The first-order chi connectivity index (χ1) is 12.6. The minimum atomic E-state index is -0.336. The van der Waals surface area contributed by atoms with Crippen molar-refractivity contribution in [3.8, 4) is 0 Å². The third kappa shape index (κ3) is 3.60. The molecule has 1 fully saturated rings. The number of amides is 1. The average Bonchev–Trinajstić information content (AvgIpc) is 3.16. The Morgan fingerprint density at radius 3 is 2.69 bits per heavy atom. The van der Waals surface area contributed by atoms with Gasteiger partial charge in [0.05, 0.1) is 4.88 Å². The van der Waals surface area contributed by atoms with Gasteiger partial charge >= 0.3 is 5.63 Å². The quantitative estimate of drug-likeness (QED) is 0.593. The maximum Gasteiger partial charge on any atom is 0.336 e. The van der Waals surface area contributed by atoms with Crippen LogP contribution in [-0.2, 0) is 6.54 Å². The molecule has 134 valence electrons. The zero-order valence-corrected chi connectivity index (χ0v) is 16.4. The monoisotopic (exact) mass is 432 g/mol. The summed E-state index contributed by atoms with van der Waals surface area (Å²) in [7, 11) is 0. The lowest BCUT2D eigenvalue weighted by atomic mass is 10.1. The van der Waals surface area contributed by atoms with E-state index in [0.717, 1.165) is 33.4 Å². The van der Waals surface area contributed by atoms with Crippen molar-refractivity contribution in [2.75, 3.05) is 26.2 Å². The normalized spacial score (nSPS) is 15.5. The Hall–Kier alpha value is -1.96. The molecule has 4 rings (SSSR count). The first-order valence-corrected chi connectivity index (χ1v) is 10.0. The van der Waals surface area contributed by atoms with E-state index in [1.54, 1.807) is 6.07 Å². The molecule has 1 saturated heterocycles. The van der Waals surface area contributed by atoms with Crippen LogP contribution in [0, 0.1) is 0 Å². The molecule has 1 aliphatic heterocycles. The van der Waals surface area contributed by atoms with Gasteiger partial charge in [0.25, 0.3) is 5.91 Å². The zero-order chi connectivity index (χ0) is 18.1. The van der Waals surface area contributed by atoms with E-state index >= 15 is 0 Å². The third-order valence-corrected chi connectivity index (χ3v) is 5.93. The fourth-order valence-corrected chi connectivity index (χ4v) is 4.27. The standard InChI is InChI=1S/C19H17BrN2O3S/c20-14-3-4-15-13(10-18(23)25-16(15)11-14)12-21-5-7-22(8-6-21)19(24)17-2-1-9-26-17/h1-4,9-11H,5-8,12H2. The van der Waals surface area contributed by atoms with Gasteiger partial charge < -0.3 is 9.32 Å². The second-order valence-electron chi connectivity index (χ2n) is 6.28. The molecule has 0 aliphatic carbocycles. The van der Waals surface area contributed by atoms with Gasteiger partial charge in [0, 0.05) is 48.6 Å². The number of hydrogen-bond donors (Lipinski definition) is 0. The number of benzene rings is 1. The summed E-state index contributed by atoms with van der Waals surface area (Å²) in [6.07, 6.45) is 0. The van der Waals surface area contributed by atoms with Crippen LogP contribution >= 0.6 is 27.3 Å². The molecule has 0 unspecified atom stereocenters. The number of fused-ring (bicyclic) bond motifs is 1. The van der Waals surface area contributed by atoms with Crippen molar-refractivity contribution < 1.29 is 9.21 Å². The molecule has 0 bridgehead atoms. The Morgan fingerprint density at radius 1 is 1.15 bits per heavy atom. The van der Waals surface area contributed by atoms with Crippen LogP contribution in [0.3, 0.4) is 0 Å². The summed E-state index contributed by atoms with van der Waals surface area (Å²) in [5.74, 6) is 0.107. The summed E-state index contributed by atoms with van der Waals surface area (Å²) >= 11 is 4.89. The molecule has 0 N–H and O–H groups in total. The second-order valence-corrected chi connectivity index (χ2v) is 8.14. The number of piperazine rings is 1. The van der Waals surface area contributed by atoms with Crippen molar-refractivity contribution >= 4 is 44.1 Å². The number of hydrogen-bond acceptors (Lipinski definition) is 5. The fraction of sp³-hybridized carbons (Fsp3) is 0.263. The third-order valence-electron chi connectivity index (χ3n) is 4.58. The predicted octanol–water partition coefficient (Wildman–Crippen LogP) is 3.58. The number of rotatable bonds is 3. The molecule has 0 spiro atoms. The van der Waals surface area contributed by atoms with Crippen LogP contribution in [0.4, 0.5) is 0 Å². The molecule has 2 aromatic heterocycles. The first-order valence-electron chi connectivity index (χ1n) is 8.37. The number of carbonyl (C=O) groups is 1. The zero-order valence-electron chi connectivity index (χ0n) is 14.0. The minimum Gasteiger partial charge on any atom is -0.423 e. The summed E-state index contributed by atoms with van der Waals surface area (Å²) < 4.78 is 6.19. The largest absolute Gasteiger partial charge is 0.423 e. The molecule has 3 heterocycles. The summed E-state index contributed by atoms with van der Waals surface area (Å²) in [5.41, 5.74) is 1.22. The Labute approximate surface area is 163 Å². The number of nitrogens with zero attached hydrogens (tertiary/aromatic N) is 2. The Kier molecular flexibility index (Phi) is 4.93. The second kappa shape index (κ2) is 7.34. The molecule has 0 saturated carbocycles. The molecule has 0 radical (unpaired) electrons. The number of thiophene rings is 1. The van der Waals surface area contributed by atoms with Crippen LogP contribution in [0.15, 0.2) is 55.5 Å². The highest BCUT2D eigenvalue weighted by atomic mass is 79.9. The SMILES string of the molecule is O=C(c1cccs1)N1CCN(Cc2cc(=O)oc3cc(Br)ccc23)CC1. The fourth-order valence-electron chi connectivity index (χ4n) is 3.24. The number of carbonyl (C=O) groups excluding carboxylic acids is 1. The Morgan fingerprint density at radius 2 is 1.96 bits per heavy atom. The summed E-state index contributed by atoms with van der Waals surface area (Å²) in [6, 6.07) is 11.1. The van der Waals surface area contributed by atoms with Gasteiger partial charge in [-0.1, -0.05) is 22.0 Å². The van der Waals surface area contributed by atoms with Crippen molar-refractivity contribution in [1.29, 1.82) is 0 Å². The maximum absolute atomic E-state index is 12.4. The number of halogens is 1. The highest BCUT2D eigenvalue weighted by Gasteiger charge is 2.23. The summed E-state index contributed by atoms with van der Waals surface area (Å²) in [6.45, 7) is 3.64. The average molecular weight is 433 g/mol. The van der Waals surface area contributed by atoms with E-state index < -0.39 is 0 Å². The van der Waals surface area contributed by atoms with Crippen LogP contribution in [0.25, 0.3) is 11.0 Å². The lowest BCUT2D eigenvalue weighted by Gasteiger charge is -2.34. The minimum absolute atomic E-state index is 0.107. The molecular formula is C19H17BrN2O3S. The molecular weight excluding hydrogens is 416 g/mol. The Balaban J connectivity index is 1.47. The molecule has 1 aromatic carbocycles. The maximum atomic E-state index is 12.4. The van der Waals surface area contributed by atoms with Crippen LogP contribution in [0.5, 0.6) is 0 Å². The van der Waals surface area contributed by atoms with E-state index in [2.05, 4.69) is 20.8 Å². The molecule has 5 nitrogen and oxygen atoms in total. The van der Waals surface area contributed by atoms with Gasteiger partial charge in [-0.05, 0) is 35.2 Å². The summed E-state index contributed by atoms with van der Waals surface area (Å²) in [5, 5.41) is 2.87. The van der Waals surface area contributed by atoms with Crippen LogP contribution in [0.2, 0.25) is 0 Å². The van der Waals surface area contributed by atoms with E-state index in [9.17, 15) is 9.59 Å². The lowest BCUT2D eigenvalue weighted by Crippen LogP contribution is -2.48. The van der Waals surface area contributed by atoms with Crippen molar-refractivity contribution in [3.63, 3.8) is 0 Å². The van der Waals surface area contributed by atoms with Crippen molar-refractivity contribution in [1.82, 2.24) is 9.80 Å². The van der Waals surface area contributed by atoms with Gasteiger partial charge in [0.2, 0.25) is 0 Å². The van der Waals surface area contributed by atoms with Gasteiger partial charge in [-0.3, -0.25) is 9.69 Å². The van der Waals surface area contributed by atoms with Crippen LogP contribution in [-0.4, -0.2) is 41.9 Å². The first kappa shape index (κ1) is 17.5. The molecule has 1 aliphatic rings. The Bertz CT molecular complexity index is 992. The van der Waals surface area contributed by atoms with Gasteiger partial charge in [-0.25, -0.2) is 4.79 Å². The van der Waals surface area contributed by atoms with Crippen LogP contribution in [0.1, 0.15) is 15.2 Å². The van der Waals surface area contributed by atoms with E-state index in [1.807, 2.05) is 40.6 Å².